The minimum Gasteiger partial charge on any atom is -0.0622 e. The maximum absolute atomic E-state index is 2.82. The Morgan fingerprint density at radius 1 is 0.236 bits per heavy atom. The van der Waals surface area contributed by atoms with Crippen LogP contribution in [0.2, 0.25) is 0 Å². The fourth-order valence-corrected chi connectivity index (χ4v) is 26.7. The average molecular weight is 1020 g/mol. The molecule has 0 bridgehead atoms. The lowest BCUT2D eigenvalue weighted by molar-refractivity contribution is 0.368. The number of hydrogen-bond acceptors (Lipinski definition) is 0. The van der Waals surface area contributed by atoms with Crippen molar-refractivity contribution in [3.8, 4) is 0 Å². The lowest BCUT2D eigenvalue weighted by Crippen LogP contribution is -2.52. The monoisotopic (exact) mass is 1020 g/mol. The minimum absolute atomic E-state index is 0.229. The highest BCUT2D eigenvalue weighted by molar-refractivity contribution is 7.79. The van der Waals surface area contributed by atoms with E-state index in [4.69, 9.17) is 0 Å². The number of rotatable bonds is 20. The second-order valence-corrected chi connectivity index (χ2v) is 29.9. The molecule has 0 heterocycles. The molecule has 5 heteroatoms. The third-order valence-electron chi connectivity index (χ3n) is 13.9. The van der Waals surface area contributed by atoms with Gasteiger partial charge in [-0.15, -0.1) is 0 Å². The van der Waals surface area contributed by atoms with E-state index in [-0.39, 0.29) is 16.7 Å². The molecule has 0 saturated carbocycles. The summed E-state index contributed by atoms with van der Waals surface area (Å²) in [4.78, 5) is 0. The summed E-state index contributed by atoms with van der Waals surface area (Å²) >= 11 is 0. The van der Waals surface area contributed by atoms with E-state index in [0.717, 1.165) is 18.5 Å². The average Bonchev–Trinajstić information content (AvgIpc) is 3.47. The van der Waals surface area contributed by atoms with E-state index in [0.29, 0.717) is 0 Å². The largest absolute Gasteiger partial charge is 0.0622 e. The smallest absolute Gasteiger partial charge is 0.00196 e. The molecule has 0 saturated heterocycles. The lowest BCUT2D eigenvalue weighted by atomic mass is 9.85. The zero-order chi connectivity index (χ0) is 48.8. The quantitative estimate of drug-likeness (QED) is 0.0668. The molecular weight excluding hydrogens is 960 g/mol. The first-order chi connectivity index (χ1) is 35.6. The first-order valence-electron chi connectivity index (χ1n) is 25.1. The molecule has 10 rings (SSSR count). The summed E-state index contributed by atoms with van der Waals surface area (Å²) in [6.07, 6.45) is 3.11. The Morgan fingerprint density at radius 2 is 0.403 bits per heavy atom. The van der Waals surface area contributed by atoms with Gasteiger partial charge in [0.05, 0.1) is 0 Å². The predicted molar refractivity (Wildman–Crippen MR) is 326 cm³/mol. The van der Waals surface area contributed by atoms with Gasteiger partial charge in [-0.3, -0.25) is 0 Å². The van der Waals surface area contributed by atoms with Crippen LogP contribution in [-0.4, -0.2) is 29.8 Å². The van der Waals surface area contributed by atoms with Crippen LogP contribution in [0.25, 0.3) is 0 Å². The second kappa shape index (κ2) is 24.9. The van der Waals surface area contributed by atoms with Gasteiger partial charge in [0.1, 0.15) is 0 Å². The standard InChI is InChI=1S/C67H61P5/c1-67(54-70(59-40-20-6-21-41-59)60-42-22-7-23-43-60,65(71(61-44-24-8-25-45-61)62-46-26-9-27-47-62)52-68(55-32-12-2-13-33-55)56-34-14-3-15-35-56)66(72(63-48-28-10-29-49-63)64-50-30-11-31-51-64)53-69(57-36-16-4-17-37-57)58-38-18-5-19-39-58/h2-51,65-66H,52-54H2,1H3. The van der Waals surface area contributed by atoms with Gasteiger partial charge in [0.2, 0.25) is 0 Å². The molecule has 2 atom stereocenters. The fraction of sp³-hybridized carbons (Fsp3) is 0.104. The van der Waals surface area contributed by atoms with E-state index in [1.807, 2.05) is 0 Å². The van der Waals surface area contributed by atoms with Gasteiger partial charge in [-0.1, -0.05) is 310 Å². The molecule has 0 N–H and O–H groups in total. The van der Waals surface area contributed by atoms with Crippen molar-refractivity contribution in [1.82, 2.24) is 0 Å². The maximum Gasteiger partial charge on any atom is -0.00196 e. The van der Waals surface area contributed by atoms with Crippen LogP contribution in [0.4, 0.5) is 0 Å². The van der Waals surface area contributed by atoms with E-state index >= 15 is 0 Å². The third kappa shape index (κ3) is 11.9. The molecule has 2 unspecified atom stereocenters. The van der Waals surface area contributed by atoms with Gasteiger partial charge >= 0.3 is 0 Å². The molecular formula is C67H61P5. The van der Waals surface area contributed by atoms with Crippen molar-refractivity contribution in [2.45, 2.75) is 18.2 Å². The van der Waals surface area contributed by atoms with Gasteiger partial charge in [-0.05, 0) is 128 Å². The Hall–Kier alpha value is -5.65. The molecule has 0 aromatic heterocycles. The van der Waals surface area contributed by atoms with Crippen LogP contribution in [0.5, 0.6) is 0 Å². The molecule has 0 radical (unpaired) electrons. The SMILES string of the molecule is CC(CP(c1ccccc1)c1ccccc1)(C(CP(c1ccccc1)c1ccccc1)P(c1ccccc1)c1ccccc1)C(CP(c1ccccc1)c1ccccc1)P(c1ccccc1)c1ccccc1. The Balaban J connectivity index is 1.34. The van der Waals surface area contributed by atoms with Crippen molar-refractivity contribution in [2.75, 3.05) is 18.5 Å². The summed E-state index contributed by atoms with van der Waals surface area (Å²) in [5, 5.41) is 14.4. The summed E-state index contributed by atoms with van der Waals surface area (Å²) in [6, 6.07) is 116. The maximum atomic E-state index is 2.82. The fourth-order valence-electron chi connectivity index (χ4n) is 10.4. The Morgan fingerprint density at radius 3 is 0.597 bits per heavy atom. The Labute approximate surface area is 435 Å². The van der Waals surface area contributed by atoms with Crippen molar-refractivity contribution in [1.29, 1.82) is 0 Å². The van der Waals surface area contributed by atoms with Crippen molar-refractivity contribution in [2.24, 2.45) is 5.41 Å². The van der Waals surface area contributed by atoms with E-state index in [9.17, 15) is 0 Å². The molecule has 10 aromatic rings. The van der Waals surface area contributed by atoms with Gasteiger partial charge in [0.25, 0.3) is 0 Å². The van der Waals surface area contributed by atoms with E-state index in [1.54, 1.807) is 0 Å². The van der Waals surface area contributed by atoms with Crippen LogP contribution in [0, 0.1) is 5.41 Å². The molecule has 10 aromatic carbocycles. The minimum atomic E-state index is -0.968. The van der Waals surface area contributed by atoms with Crippen LogP contribution in [0.1, 0.15) is 6.92 Å². The number of benzene rings is 10. The van der Waals surface area contributed by atoms with Crippen LogP contribution in [0.3, 0.4) is 0 Å². The van der Waals surface area contributed by atoms with Gasteiger partial charge in [0, 0.05) is 0 Å². The topological polar surface area (TPSA) is 0 Å². The van der Waals surface area contributed by atoms with Gasteiger partial charge in [-0.2, -0.15) is 0 Å². The molecule has 0 nitrogen and oxygen atoms in total. The molecule has 0 aliphatic carbocycles. The molecule has 0 spiro atoms. The summed E-state index contributed by atoms with van der Waals surface area (Å²) in [5.74, 6) is 0. The first kappa shape index (κ1) is 49.9. The van der Waals surface area contributed by atoms with Crippen LogP contribution >= 0.6 is 39.6 Å². The number of hydrogen-bond donors (Lipinski definition) is 0. The van der Waals surface area contributed by atoms with Gasteiger partial charge in [0.15, 0.2) is 0 Å². The zero-order valence-corrected chi connectivity index (χ0v) is 45.4. The lowest BCUT2D eigenvalue weighted by Gasteiger charge is -2.53. The molecule has 354 valence electrons. The molecule has 0 amide bonds. The summed E-state index contributed by atoms with van der Waals surface area (Å²) in [5.41, 5.74) is 0.180. The highest BCUT2D eigenvalue weighted by atomic mass is 31.1. The highest BCUT2D eigenvalue weighted by Crippen LogP contribution is 2.64. The molecule has 0 aliphatic rings. The second-order valence-electron chi connectivity index (χ2n) is 18.4. The van der Waals surface area contributed by atoms with Gasteiger partial charge < -0.3 is 0 Å². The molecule has 0 fully saturated rings. The van der Waals surface area contributed by atoms with Crippen molar-refractivity contribution >= 4 is 92.7 Å². The van der Waals surface area contributed by atoms with Crippen molar-refractivity contribution in [3.05, 3.63) is 303 Å². The molecule has 72 heavy (non-hydrogen) atoms. The van der Waals surface area contributed by atoms with Crippen LogP contribution in [-0.2, 0) is 0 Å². The van der Waals surface area contributed by atoms with E-state index in [1.165, 1.54) is 53.0 Å². The van der Waals surface area contributed by atoms with Crippen LogP contribution in [0.15, 0.2) is 303 Å². The Kier molecular flexibility index (Phi) is 17.2. The van der Waals surface area contributed by atoms with Gasteiger partial charge in [-0.25, -0.2) is 0 Å². The van der Waals surface area contributed by atoms with Crippen molar-refractivity contribution < 1.29 is 0 Å². The third-order valence-corrected chi connectivity index (χ3v) is 28.7. The zero-order valence-electron chi connectivity index (χ0n) is 40.9. The Bertz CT molecular complexity index is 2750. The van der Waals surface area contributed by atoms with E-state index < -0.39 is 39.6 Å². The highest BCUT2D eigenvalue weighted by Gasteiger charge is 2.52. The summed E-state index contributed by atoms with van der Waals surface area (Å²) < 4.78 is 0. The van der Waals surface area contributed by atoms with E-state index in [2.05, 4.69) is 310 Å². The first-order valence-corrected chi connectivity index (χ1v) is 32.5. The molecule has 0 aliphatic heterocycles. The summed E-state index contributed by atoms with van der Waals surface area (Å²) in [6.45, 7) is 2.82. The normalized spacial score (nSPS) is 13.3. The van der Waals surface area contributed by atoms with Crippen LogP contribution < -0.4 is 53.0 Å². The van der Waals surface area contributed by atoms with Crippen molar-refractivity contribution in [3.63, 3.8) is 0 Å². The predicted octanol–water partition coefficient (Wildman–Crippen LogP) is 13.4. The summed E-state index contributed by atoms with van der Waals surface area (Å²) in [7, 11) is -4.45.